The second-order valence-corrected chi connectivity index (χ2v) is 5.41. The quantitative estimate of drug-likeness (QED) is 0.328. The van der Waals surface area contributed by atoms with E-state index in [9.17, 15) is 0 Å². The van der Waals surface area contributed by atoms with Gasteiger partial charge in [0.15, 0.2) is 0 Å². The van der Waals surface area contributed by atoms with Crippen LogP contribution in [-0.2, 0) is 28.6 Å². The number of hydrogen-bond acceptors (Lipinski definition) is 2. The van der Waals surface area contributed by atoms with Gasteiger partial charge in [0.05, 0.1) is 0 Å². The molecule has 0 atom stereocenters. The van der Waals surface area contributed by atoms with Crippen LogP contribution in [0.1, 0.15) is 46.5 Å². The molecule has 0 N–H and O–H groups in total. The molecule has 3 heteroatoms. The second kappa shape index (κ2) is 11.7. The third-order valence-corrected chi connectivity index (χ3v) is 4.02. The Morgan fingerprint density at radius 2 is 1.57 bits per heavy atom. The molecule has 0 aromatic rings. The van der Waals surface area contributed by atoms with Gasteiger partial charge >= 0.3 is 97.6 Å². The van der Waals surface area contributed by atoms with E-state index in [1.165, 1.54) is 30.4 Å². The summed E-state index contributed by atoms with van der Waals surface area (Å²) >= 11 is -0.0475. The van der Waals surface area contributed by atoms with E-state index in [0.717, 1.165) is 13.2 Å². The molecule has 0 amide bonds. The van der Waals surface area contributed by atoms with Crippen molar-refractivity contribution in [2.75, 3.05) is 13.2 Å². The van der Waals surface area contributed by atoms with Crippen molar-refractivity contribution in [3.05, 3.63) is 0 Å². The molecule has 0 aliphatic carbocycles. The Hall–Kier alpha value is 0.634. The van der Waals surface area contributed by atoms with E-state index in [1.807, 2.05) is 13.8 Å². The molecular formula is C11H24O2Ti. The molecule has 0 fully saturated rings. The zero-order valence-electron chi connectivity index (χ0n) is 9.84. The van der Waals surface area contributed by atoms with Gasteiger partial charge in [-0.2, -0.15) is 0 Å². The van der Waals surface area contributed by atoms with Crippen molar-refractivity contribution in [1.82, 2.24) is 0 Å². The summed E-state index contributed by atoms with van der Waals surface area (Å²) in [7, 11) is 0. The van der Waals surface area contributed by atoms with Crippen molar-refractivity contribution in [3.63, 3.8) is 0 Å². The molecule has 0 unspecified atom stereocenters. The molecule has 0 radical (unpaired) electrons. The minimum atomic E-state index is -0.0475. The fourth-order valence-corrected chi connectivity index (χ4v) is 3.21. The van der Waals surface area contributed by atoms with Crippen LogP contribution in [-0.4, -0.2) is 17.8 Å². The Labute approximate surface area is 97.7 Å². The van der Waals surface area contributed by atoms with Crippen LogP contribution in [0.2, 0.25) is 4.73 Å². The van der Waals surface area contributed by atoms with Gasteiger partial charge < -0.3 is 0 Å². The van der Waals surface area contributed by atoms with Crippen LogP contribution in [0, 0.1) is 0 Å². The summed E-state index contributed by atoms with van der Waals surface area (Å²) in [5.41, 5.74) is 0. The Balaban J connectivity index is 3.30. The van der Waals surface area contributed by atoms with Gasteiger partial charge in [-0.05, 0) is 0 Å². The summed E-state index contributed by atoms with van der Waals surface area (Å²) in [6.07, 6.45) is 5.44. The van der Waals surface area contributed by atoms with Gasteiger partial charge in [0.1, 0.15) is 0 Å². The zero-order valence-corrected chi connectivity index (χ0v) is 11.4. The number of unbranched alkanes of at least 4 members (excludes halogenated alkanes) is 3. The van der Waals surface area contributed by atoms with Crippen molar-refractivity contribution in [3.8, 4) is 0 Å². The molecule has 0 saturated heterocycles. The molecule has 2 nitrogen and oxygen atoms in total. The first-order valence-corrected chi connectivity index (χ1v) is 7.82. The van der Waals surface area contributed by atoms with Gasteiger partial charge in [0.2, 0.25) is 0 Å². The first-order valence-electron chi connectivity index (χ1n) is 5.81. The SMILES string of the molecule is CCCCC[CH2][Ti][CH](OCC)OCC. The summed E-state index contributed by atoms with van der Waals surface area (Å²) in [5.74, 6) is 0. The van der Waals surface area contributed by atoms with Crippen molar-refractivity contribution >= 4 is 0 Å². The van der Waals surface area contributed by atoms with Gasteiger partial charge in [-0.3, -0.25) is 0 Å². The van der Waals surface area contributed by atoms with E-state index in [1.54, 1.807) is 0 Å². The molecule has 0 aliphatic heterocycles. The fourth-order valence-electron chi connectivity index (χ4n) is 1.24. The number of hydrogen-bond donors (Lipinski definition) is 0. The van der Waals surface area contributed by atoms with Crippen molar-refractivity contribution < 1.29 is 28.6 Å². The van der Waals surface area contributed by atoms with E-state index in [4.69, 9.17) is 9.47 Å². The van der Waals surface area contributed by atoms with Crippen LogP contribution in [0.25, 0.3) is 0 Å². The normalized spacial score (nSPS) is 10.9. The zero-order chi connectivity index (χ0) is 10.6. The molecule has 0 aromatic heterocycles. The molecule has 0 spiro atoms. The van der Waals surface area contributed by atoms with E-state index in [2.05, 4.69) is 6.92 Å². The average molecular weight is 236 g/mol. The minimum absolute atomic E-state index is 0.0475. The van der Waals surface area contributed by atoms with Crippen LogP contribution >= 0.6 is 0 Å². The van der Waals surface area contributed by atoms with Gasteiger partial charge in [-0.1, -0.05) is 0 Å². The molecule has 84 valence electrons. The van der Waals surface area contributed by atoms with E-state index in [0.29, 0.717) is 0 Å². The van der Waals surface area contributed by atoms with Crippen molar-refractivity contribution in [2.24, 2.45) is 0 Å². The Morgan fingerprint density at radius 1 is 0.929 bits per heavy atom. The van der Waals surface area contributed by atoms with Gasteiger partial charge in [-0.25, -0.2) is 0 Å². The molecule has 14 heavy (non-hydrogen) atoms. The third kappa shape index (κ3) is 9.20. The molecule has 0 bridgehead atoms. The summed E-state index contributed by atoms with van der Waals surface area (Å²) in [5, 5.41) is 0. The molecular weight excluding hydrogens is 212 g/mol. The maximum atomic E-state index is 5.52. The molecule has 0 aliphatic rings. The monoisotopic (exact) mass is 236 g/mol. The topological polar surface area (TPSA) is 18.5 Å². The summed E-state index contributed by atoms with van der Waals surface area (Å²) < 4.78 is 12.6. The number of rotatable bonds is 10. The van der Waals surface area contributed by atoms with Gasteiger partial charge in [0.25, 0.3) is 0 Å². The Morgan fingerprint density at radius 3 is 2.07 bits per heavy atom. The predicted octanol–water partition coefficient (Wildman–Crippen LogP) is 3.42. The first kappa shape index (κ1) is 14.6. The Kier molecular flexibility index (Phi) is 12.2. The van der Waals surface area contributed by atoms with E-state index in [-0.39, 0.29) is 23.7 Å². The molecule has 0 heterocycles. The summed E-state index contributed by atoms with van der Waals surface area (Å²) in [6, 6.07) is 0. The summed E-state index contributed by atoms with van der Waals surface area (Å²) in [4.78, 5) is 0. The van der Waals surface area contributed by atoms with Crippen LogP contribution in [0.5, 0.6) is 0 Å². The second-order valence-electron chi connectivity index (χ2n) is 3.26. The first-order chi connectivity index (χ1) is 6.85. The van der Waals surface area contributed by atoms with Crippen LogP contribution in [0.3, 0.4) is 0 Å². The predicted molar refractivity (Wildman–Crippen MR) is 56.0 cm³/mol. The average Bonchev–Trinajstić information content (AvgIpc) is 2.18. The van der Waals surface area contributed by atoms with Crippen LogP contribution < -0.4 is 0 Å². The van der Waals surface area contributed by atoms with Crippen molar-refractivity contribution in [2.45, 2.75) is 55.8 Å². The molecule has 0 aromatic carbocycles. The van der Waals surface area contributed by atoms with Gasteiger partial charge in [0, 0.05) is 0 Å². The van der Waals surface area contributed by atoms with Crippen molar-refractivity contribution in [1.29, 1.82) is 0 Å². The standard InChI is InChI=1S/C6H13.C5H11O2.Ti/c1-3-5-6-4-2;1-3-6-5-7-4-2;/h1,3-6H2,2H3;5H,3-4H2,1-2H3;. The fraction of sp³-hybridized carbons (Fsp3) is 1.00. The van der Waals surface area contributed by atoms with Crippen LogP contribution in [0.4, 0.5) is 0 Å². The van der Waals surface area contributed by atoms with E-state index >= 15 is 0 Å². The summed E-state index contributed by atoms with van der Waals surface area (Å²) in [6.45, 7) is 7.89. The third-order valence-electron chi connectivity index (χ3n) is 1.98. The van der Waals surface area contributed by atoms with Gasteiger partial charge in [-0.15, -0.1) is 0 Å². The molecule has 0 rings (SSSR count). The number of ether oxygens (including phenoxy) is 2. The Bertz CT molecular complexity index is 103. The maximum absolute atomic E-state index is 5.52. The van der Waals surface area contributed by atoms with E-state index < -0.39 is 0 Å². The molecule has 0 saturated carbocycles. The van der Waals surface area contributed by atoms with Crippen LogP contribution in [0.15, 0.2) is 0 Å².